The van der Waals surface area contributed by atoms with Crippen molar-refractivity contribution >= 4 is 46.1 Å². The van der Waals surface area contributed by atoms with Crippen LogP contribution in [0.4, 0.5) is 5.69 Å². The molecule has 0 saturated carbocycles. The van der Waals surface area contributed by atoms with Crippen LogP contribution < -0.4 is 5.32 Å². The highest BCUT2D eigenvalue weighted by Gasteiger charge is 2.53. The Morgan fingerprint density at radius 1 is 1.23 bits per heavy atom. The highest BCUT2D eigenvalue weighted by molar-refractivity contribution is 8.01. The van der Waals surface area contributed by atoms with E-state index >= 15 is 0 Å². The van der Waals surface area contributed by atoms with Crippen LogP contribution in [0, 0.1) is 0 Å². The Hall–Kier alpha value is -2.52. The number of anilines is 1. The molecule has 3 aliphatic heterocycles. The van der Waals surface area contributed by atoms with E-state index in [1.165, 1.54) is 0 Å². The number of amides is 3. The molecular formula is C21H23N3O5S. The molecule has 0 spiro atoms. The Kier molecular flexibility index (Phi) is 4.74. The zero-order valence-electron chi connectivity index (χ0n) is 16.7. The summed E-state index contributed by atoms with van der Waals surface area (Å²) < 4.78 is 11.2. The number of nitrogens with zero attached hydrogens (tertiary/aromatic N) is 2. The van der Waals surface area contributed by atoms with Gasteiger partial charge in [0.1, 0.15) is 17.3 Å². The van der Waals surface area contributed by atoms with Crippen LogP contribution in [-0.4, -0.2) is 70.5 Å². The number of ether oxygens (including phenoxy) is 1. The third-order valence-corrected chi connectivity index (χ3v) is 7.59. The fourth-order valence-electron chi connectivity index (χ4n) is 4.45. The maximum absolute atomic E-state index is 13.2. The Morgan fingerprint density at radius 2 is 2.00 bits per heavy atom. The monoisotopic (exact) mass is 429 g/mol. The van der Waals surface area contributed by atoms with E-state index < -0.39 is 6.04 Å². The van der Waals surface area contributed by atoms with Gasteiger partial charge in [0.05, 0.1) is 18.1 Å². The second-order valence-electron chi connectivity index (χ2n) is 7.96. The molecule has 2 aromatic rings. The minimum atomic E-state index is -0.560. The molecule has 3 saturated heterocycles. The van der Waals surface area contributed by atoms with Crippen molar-refractivity contribution < 1.29 is 23.5 Å². The first-order valence-electron chi connectivity index (χ1n) is 10.1. The molecule has 3 fully saturated rings. The summed E-state index contributed by atoms with van der Waals surface area (Å²) in [7, 11) is 0. The highest BCUT2D eigenvalue weighted by Crippen LogP contribution is 2.47. The molecule has 5 rings (SSSR count). The van der Waals surface area contributed by atoms with Crippen molar-refractivity contribution in [3.8, 4) is 0 Å². The van der Waals surface area contributed by atoms with Crippen molar-refractivity contribution in [3.63, 3.8) is 0 Å². The quantitative estimate of drug-likeness (QED) is 0.805. The van der Waals surface area contributed by atoms with Gasteiger partial charge in [-0.3, -0.25) is 14.4 Å². The third-order valence-electron chi connectivity index (χ3n) is 6.08. The summed E-state index contributed by atoms with van der Waals surface area (Å²) in [6, 6.07) is 6.69. The Bertz CT molecular complexity index is 1030. The summed E-state index contributed by atoms with van der Waals surface area (Å²) in [5.74, 6) is 0.102. The Labute approximate surface area is 177 Å². The van der Waals surface area contributed by atoms with Gasteiger partial charge in [0, 0.05) is 30.6 Å². The molecule has 158 valence electrons. The van der Waals surface area contributed by atoms with Crippen LogP contribution in [0.15, 0.2) is 28.7 Å². The first kappa shape index (κ1) is 19.4. The number of rotatable bonds is 3. The number of fused-ring (bicyclic) bond motifs is 2. The lowest BCUT2D eigenvalue weighted by molar-refractivity contribution is -0.135. The van der Waals surface area contributed by atoms with E-state index in [0.717, 1.165) is 6.42 Å². The van der Waals surface area contributed by atoms with Crippen LogP contribution in [-0.2, 0) is 14.3 Å². The lowest BCUT2D eigenvalue weighted by Gasteiger charge is -2.30. The first-order chi connectivity index (χ1) is 14.5. The van der Waals surface area contributed by atoms with Crippen molar-refractivity contribution in [2.75, 3.05) is 37.4 Å². The zero-order valence-corrected chi connectivity index (χ0v) is 17.5. The zero-order chi connectivity index (χ0) is 20.9. The van der Waals surface area contributed by atoms with E-state index in [0.29, 0.717) is 55.1 Å². The minimum Gasteiger partial charge on any atom is -0.449 e. The van der Waals surface area contributed by atoms with Gasteiger partial charge in [-0.25, -0.2) is 0 Å². The fraction of sp³-hybridized carbons (Fsp3) is 0.476. The second kappa shape index (κ2) is 7.31. The lowest BCUT2D eigenvalue weighted by atomic mass is 10.1. The number of thioether (sulfide) groups is 1. The number of carbonyl (C=O) groups is 3. The van der Waals surface area contributed by atoms with Crippen molar-refractivity contribution in [2.45, 2.75) is 30.7 Å². The van der Waals surface area contributed by atoms with Gasteiger partial charge >= 0.3 is 0 Å². The largest absolute Gasteiger partial charge is 0.449 e. The van der Waals surface area contributed by atoms with Gasteiger partial charge in [0.25, 0.3) is 5.91 Å². The summed E-state index contributed by atoms with van der Waals surface area (Å²) in [4.78, 5) is 41.8. The van der Waals surface area contributed by atoms with Gasteiger partial charge in [-0.05, 0) is 25.5 Å². The molecule has 3 aliphatic rings. The number of nitrogens with one attached hydrogen (secondary N) is 1. The number of furan rings is 1. The number of hydrogen-bond donors (Lipinski definition) is 1. The summed E-state index contributed by atoms with van der Waals surface area (Å²) >= 11 is 1.64. The molecule has 0 radical (unpaired) electrons. The molecule has 9 heteroatoms. The number of hydrogen-bond acceptors (Lipinski definition) is 6. The smallest absolute Gasteiger partial charge is 0.291 e. The summed E-state index contributed by atoms with van der Waals surface area (Å²) in [6.45, 7) is 3.91. The van der Waals surface area contributed by atoms with Crippen molar-refractivity contribution in [3.05, 3.63) is 30.0 Å². The van der Waals surface area contributed by atoms with Gasteiger partial charge in [0.15, 0.2) is 0 Å². The van der Waals surface area contributed by atoms with Crippen molar-refractivity contribution in [1.29, 1.82) is 0 Å². The average Bonchev–Trinajstić information content (AvgIpc) is 3.39. The Balaban J connectivity index is 1.47. The van der Waals surface area contributed by atoms with E-state index in [1.807, 2.05) is 25.1 Å². The van der Waals surface area contributed by atoms with Crippen LogP contribution in [0.1, 0.15) is 30.3 Å². The third kappa shape index (κ3) is 3.07. The molecule has 1 N–H and O–H groups in total. The van der Waals surface area contributed by atoms with E-state index in [9.17, 15) is 14.4 Å². The second-order valence-corrected chi connectivity index (χ2v) is 9.46. The molecule has 0 aliphatic carbocycles. The van der Waals surface area contributed by atoms with Crippen LogP contribution in [0.5, 0.6) is 0 Å². The maximum atomic E-state index is 13.2. The summed E-state index contributed by atoms with van der Waals surface area (Å²) in [5.41, 5.74) is 0.907. The average molecular weight is 429 g/mol. The molecule has 3 amide bonds. The molecule has 30 heavy (non-hydrogen) atoms. The van der Waals surface area contributed by atoms with Crippen LogP contribution in [0.3, 0.4) is 0 Å². The minimum absolute atomic E-state index is 0.00400. The van der Waals surface area contributed by atoms with Gasteiger partial charge in [0.2, 0.25) is 17.6 Å². The predicted molar refractivity (Wildman–Crippen MR) is 112 cm³/mol. The predicted octanol–water partition coefficient (Wildman–Crippen LogP) is 2.30. The SMILES string of the molecule is C[C@]12CCC(=O)N1[C@@H](C(=O)Nc1c(C(=O)N3CCOCC3)oc3ccccc13)CS2. The number of morpholine rings is 1. The Morgan fingerprint density at radius 3 is 2.80 bits per heavy atom. The number of para-hydroxylation sites is 1. The van der Waals surface area contributed by atoms with E-state index in [2.05, 4.69) is 5.32 Å². The van der Waals surface area contributed by atoms with Gasteiger partial charge in [-0.15, -0.1) is 11.8 Å². The van der Waals surface area contributed by atoms with E-state index in [-0.39, 0.29) is 28.4 Å². The lowest BCUT2D eigenvalue weighted by Crippen LogP contribution is -2.48. The first-order valence-corrected chi connectivity index (χ1v) is 11.1. The number of carbonyl (C=O) groups excluding carboxylic acids is 3. The molecular weight excluding hydrogens is 406 g/mol. The fourth-order valence-corrected chi connectivity index (χ4v) is 5.88. The molecule has 0 bridgehead atoms. The maximum Gasteiger partial charge on any atom is 0.291 e. The van der Waals surface area contributed by atoms with Crippen molar-refractivity contribution in [2.24, 2.45) is 0 Å². The van der Waals surface area contributed by atoms with Crippen molar-refractivity contribution in [1.82, 2.24) is 9.80 Å². The van der Waals surface area contributed by atoms with Gasteiger partial charge in [-0.1, -0.05) is 12.1 Å². The van der Waals surface area contributed by atoms with Gasteiger partial charge < -0.3 is 24.3 Å². The van der Waals surface area contributed by atoms with Crippen LogP contribution in [0.2, 0.25) is 0 Å². The highest BCUT2D eigenvalue weighted by atomic mass is 32.2. The topological polar surface area (TPSA) is 92.1 Å². The summed E-state index contributed by atoms with van der Waals surface area (Å²) in [6.07, 6.45) is 1.21. The molecule has 1 aromatic carbocycles. The van der Waals surface area contributed by atoms with E-state index in [1.54, 1.807) is 27.6 Å². The molecule has 4 heterocycles. The molecule has 0 unspecified atom stereocenters. The van der Waals surface area contributed by atoms with Gasteiger partial charge in [-0.2, -0.15) is 0 Å². The molecule has 8 nitrogen and oxygen atoms in total. The van der Waals surface area contributed by atoms with Crippen LogP contribution >= 0.6 is 11.8 Å². The van der Waals surface area contributed by atoms with E-state index in [4.69, 9.17) is 9.15 Å². The summed E-state index contributed by atoms with van der Waals surface area (Å²) in [5, 5.41) is 3.60. The standard InChI is InChI=1S/C21H23N3O5S/c1-21-7-6-16(25)24(21)14(12-30-21)19(26)22-17-13-4-2-3-5-15(13)29-18(17)20(27)23-8-10-28-11-9-23/h2-5,14H,6-12H2,1H3,(H,22,26)/t14-,21+/m1/s1. The molecule has 2 atom stereocenters. The number of benzene rings is 1. The molecule has 1 aromatic heterocycles. The normalized spacial score (nSPS) is 26.3. The van der Waals surface area contributed by atoms with Crippen LogP contribution in [0.25, 0.3) is 11.0 Å².